The number of imidazole rings is 1. The van der Waals surface area contributed by atoms with Gasteiger partial charge in [-0.15, -0.1) is 0 Å². The summed E-state index contributed by atoms with van der Waals surface area (Å²) in [4.78, 5) is 4.34. The summed E-state index contributed by atoms with van der Waals surface area (Å²) in [7, 11) is 0. The molecule has 1 aliphatic carbocycles. The topological polar surface area (TPSA) is 43.0 Å². The Kier molecular flexibility index (Phi) is 3.19. The van der Waals surface area contributed by atoms with Crippen LogP contribution >= 0.6 is 0 Å². The summed E-state index contributed by atoms with van der Waals surface area (Å²) in [5.41, 5.74) is 3.56. The number of rotatable bonds is 5. The van der Waals surface area contributed by atoms with Crippen LogP contribution in [-0.2, 0) is 13.1 Å². The number of aryl methyl sites for hydroxylation is 2. The molecule has 2 aromatic heterocycles. The van der Waals surface area contributed by atoms with Gasteiger partial charge in [0.25, 0.3) is 0 Å². The van der Waals surface area contributed by atoms with Crippen molar-refractivity contribution >= 4 is 0 Å². The molecule has 1 saturated carbocycles. The van der Waals surface area contributed by atoms with Gasteiger partial charge in [-0.3, -0.25) is 0 Å². The monoisotopic (exact) mass is 259 g/mol. The van der Waals surface area contributed by atoms with Crippen LogP contribution in [0.1, 0.15) is 41.3 Å². The Bertz CT molecular complexity index is 578. The van der Waals surface area contributed by atoms with Crippen molar-refractivity contribution < 1.29 is 4.42 Å². The van der Waals surface area contributed by atoms with Crippen molar-refractivity contribution in [3.05, 3.63) is 40.9 Å². The molecule has 0 spiro atoms. The summed E-state index contributed by atoms with van der Waals surface area (Å²) in [6, 6.07) is 2.88. The van der Waals surface area contributed by atoms with E-state index in [1.54, 1.807) is 0 Å². The van der Waals surface area contributed by atoms with Crippen LogP contribution in [0.2, 0.25) is 0 Å². The number of furan rings is 1. The molecular weight excluding hydrogens is 238 g/mol. The van der Waals surface area contributed by atoms with Gasteiger partial charge in [-0.1, -0.05) is 0 Å². The lowest BCUT2D eigenvalue weighted by Crippen LogP contribution is -2.14. The maximum Gasteiger partial charge on any atom is 0.118 e. The molecule has 0 saturated heterocycles. The number of nitrogens with one attached hydrogen (secondary N) is 1. The summed E-state index contributed by atoms with van der Waals surface area (Å²) >= 11 is 0. The maximum absolute atomic E-state index is 5.82. The van der Waals surface area contributed by atoms with Crippen LogP contribution in [0.4, 0.5) is 0 Å². The molecule has 0 amide bonds. The molecule has 0 atom stereocenters. The quantitative estimate of drug-likeness (QED) is 0.897. The summed E-state index contributed by atoms with van der Waals surface area (Å²) in [6.45, 7) is 7.86. The largest absolute Gasteiger partial charge is 0.465 e. The van der Waals surface area contributed by atoms with Crippen LogP contribution in [0, 0.1) is 20.8 Å². The average Bonchev–Trinajstić information content (AvgIpc) is 3.09. The van der Waals surface area contributed by atoms with E-state index >= 15 is 0 Å². The Labute approximate surface area is 113 Å². The van der Waals surface area contributed by atoms with E-state index in [0.717, 1.165) is 30.3 Å². The van der Waals surface area contributed by atoms with E-state index in [-0.39, 0.29) is 0 Å². The van der Waals surface area contributed by atoms with E-state index in [1.807, 2.05) is 20.2 Å². The zero-order chi connectivity index (χ0) is 13.4. The number of aromatic nitrogens is 2. The Balaban J connectivity index is 1.71. The van der Waals surface area contributed by atoms with Crippen molar-refractivity contribution in [1.29, 1.82) is 0 Å². The normalized spacial score (nSPS) is 15.1. The third-order valence-corrected chi connectivity index (χ3v) is 3.90. The SMILES string of the molecule is Cc1ncn(Cc2cc(CNC3CC3)oc2C)c1C. The van der Waals surface area contributed by atoms with Crippen molar-refractivity contribution in [2.45, 2.75) is 52.7 Å². The summed E-state index contributed by atoms with van der Waals surface area (Å²) < 4.78 is 7.99. The first-order valence-corrected chi connectivity index (χ1v) is 6.93. The maximum atomic E-state index is 5.82. The van der Waals surface area contributed by atoms with Crippen LogP contribution in [-0.4, -0.2) is 15.6 Å². The van der Waals surface area contributed by atoms with Crippen molar-refractivity contribution in [1.82, 2.24) is 14.9 Å². The fourth-order valence-corrected chi connectivity index (χ4v) is 2.25. The molecule has 0 radical (unpaired) electrons. The second-order valence-electron chi connectivity index (χ2n) is 5.49. The molecule has 0 aliphatic heterocycles. The molecule has 2 aromatic rings. The lowest BCUT2D eigenvalue weighted by atomic mass is 10.2. The highest BCUT2D eigenvalue weighted by Gasteiger charge is 2.21. The smallest absolute Gasteiger partial charge is 0.118 e. The zero-order valence-corrected chi connectivity index (χ0v) is 11.9. The predicted molar refractivity (Wildman–Crippen MR) is 74.1 cm³/mol. The summed E-state index contributed by atoms with van der Waals surface area (Å²) in [5, 5.41) is 3.48. The van der Waals surface area contributed by atoms with Gasteiger partial charge in [-0.25, -0.2) is 4.98 Å². The molecule has 19 heavy (non-hydrogen) atoms. The van der Waals surface area contributed by atoms with E-state index < -0.39 is 0 Å². The first kappa shape index (κ1) is 12.5. The predicted octanol–water partition coefficient (Wildman–Crippen LogP) is 2.70. The van der Waals surface area contributed by atoms with Gasteiger partial charge in [0.15, 0.2) is 0 Å². The zero-order valence-electron chi connectivity index (χ0n) is 11.9. The van der Waals surface area contributed by atoms with Crippen LogP contribution in [0.5, 0.6) is 0 Å². The molecule has 2 heterocycles. The van der Waals surface area contributed by atoms with Crippen molar-refractivity contribution in [2.75, 3.05) is 0 Å². The number of nitrogens with zero attached hydrogens (tertiary/aromatic N) is 2. The van der Waals surface area contributed by atoms with E-state index in [4.69, 9.17) is 4.42 Å². The molecule has 4 nitrogen and oxygen atoms in total. The Morgan fingerprint density at radius 1 is 1.37 bits per heavy atom. The van der Waals surface area contributed by atoms with Crippen LogP contribution in [0.3, 0.4) is 0 Å². The molecule has 1 N–H and O–H groups in total. The van der Waals surface area contributed by atoms with Crippen LogP contribution < -0.4 is 5.32 Å². The second-order valence-corrected chi connectivity index (χ2v) is 5.49. The van der Waals surface area contributed by atoms with Gasteiger partial charge in [0.05, 0.1) is 25.1 Å². The van der Waals surface area contributed by atoms with E-state index in [1.165, 1.54) is 24.1 Å². The van der Waals surface area contributed by atoms with Crippen molar-refractivity contribution in [3.63, 3.8) is 0 Å². The minimum Gasteiger partial charge on any atom is -0.465 e. The van der Waals surface area contributed by atoms with Gasteiger partial charge in [-0.05, 0) is 39.7 Å². The summed E-state index contributed by atoms with van der Waals surface area (Å²) in [6.07, 6.45) is 4.51. The third-order valence-electron chi connectivity index (χ3n) is 3.90. The Hall–Kier alpha value is -1.55. The third kappa shape index (κ3) is 2.73. The lowest BCUT2D eigenvalue weighted by Gasteiger charge is -2.03. The average molecular weight is 259 g/mol. The number of hydrogen-bond donors (Lipinski definition) is 1. The van der Waals surface area contributed by atoms with Crippen molar-refractivity contribution in [3.8, 4) is 0 Å². The first-order chi connectivity index (χ1) is 9.13. The molecule has 3 rings (SSSR count). The molecule has 0 aromatic carbocycles. The fraction of sp³-hybridized carbons (Fsp3) is 0.533. The van der Waals surface area contributed by atoms with Gasteiger partial charge in [0.2, 0.25) is 0 Å². The molecule has 1 aliphatic rings. The first-order valence-electron chi connectivity index (χ1n) is 6.93. The van der Waals surface area contributed by atoms with E-state index in [9.17, 15) is 0 Å². The summed E-state index contributed by atoms with van der Waals surface area (Å²) in [5.74, 6) is 2.05. The highest BCUT2D eigenvalue weighted by Crippen LogP contribution is 2.21. The van der Waals surface area contributed by atoms with E-state index in [2.05, 4.69) is 27.9 Å². The Morgan fingerprint density at radius 3 is 2.79 bits per heavy atom. The standard InChI is InChI=1S/C15H21N3O/c1-10-11(2)18(9-17-10)8-13-6-15(19-12(13)3)7-16-14-4-5-14/h6,9,14,16H,4-5,7-8H2,1-3H3. The molecule has 1 fully saturated rings. The van der Waals surface area contributed by atoms with Gasteiger partial charge in [0, 0.05) is 17.3 Å². The minimum atomic E-state index is 0.715. The second kappa shape index (κ2) is 4.85. The van der Waals surface area contributed by atoms with Gasteiger partial charge >= 0.3 is 0 Å². The molecule has 102 valence electrons. The number of hydrogen-bond acceptors (Lipinski definition) is 3. The highest BCUT2D eigenvalue weighted by atomic mass is 16.3. The Morgan fingerprint density at radius 2 is 2.16 bits per heavy atom. The van der Waals surface area contributed by atoms with Crippen molar-refractivity contribution in [2.24, 2.45) is 0 Å². The highest BCUT2D eigenvalue weighted by molar-refractivity contribution is 5.22. The molecule has 4 heteroatoms. The van der Waals surface area contributed by atoms with Crippen LogP contribution in [0.15, 0.2) is 16.8 Å². The van der Waals surface area contributed by atoms with Gasteiger partial charge in [-0.2, -0.15) is 0 Å². The lowest BCUT2D eigenvalue weighted by molar-refractivity contribution is 0.458. The molecule has 0 unspecified atom stereocenters. The molecule has 0 bridgehead atoms. The fourth-order valence-electron chi connectivity index (χ4n) is 2.25. The minimum absolute atomic E-state index is 0.715. The van der Waals surface area contributed by atoms with Gasteiger partial charge in [0.1, 0.15) is 11.5 Å². The van der Waals surface area contributed by atoms with E-state index in [0.29, 0.717) is 6.04 Å². The van der Waals surface area contributed by atoms with Gasteiger partial charge < -0.3 is 14.3 Å². The molecular formula is C15H21N3O. The van der Waals surface area contributed by atoms with Crippen LogP contribution in [0.25, 0.3) is 0 Å².